The van der Waals surface area contributed by atoms with Crippen molar-refractivity contribution in [3.8, 4) is 34.0 Å². The predicted octanol–water partition coefficient (Wildman–Crippen LogP) is 6.40. The molecule has 4 aromatic rings. The van der Waals surface area contributed by atoms with E-state index in [0.717, 1.165) is 5.56 Å². The van der Waals surface area contributed by atoms with Crippen LogP contribution in [0.5, 0.6) is 11.5 Å². The van der Waals surface area contributed by atoms with Crippen LogP contribution in [0.25, 0.3) is 22.5 Å². The topological polar surface area (TPSA) is 98.3 Å². The highest BCUT2D eigenvalue weighted by Gasteiger charge is 2.19. The lowest BCUT2D eigenvalue weighted by atomic mass is 10.1. The molecule has 0 saturated carbocycles. The lowest BCUT2D eigenvalue weighted by Gasteiger charge is -2.17. The molecule has 0 unspecified atom stereocenters. The van der Waals surface area contributed by atoms with Crippen molar-refractivity contribution < 1.29 is 14.3 Å². The van der Waals surface area contributed by atoms with Gasteiger partial charge in [-0.3, -0.25) is 4.79 Å². The van der Waals surface area contributed by atoms with Crippen LogP contribution < -0.4 is 20.1 Å². The van der Waals surface area contributed by atoms with Crippen LogP contribution in [-0.2, 0) is 4.79 Å². The van der Waals surface area contributed by atoms with Crippen molar-refractivity contribution in [2.24, 2.45) is 0 Å². The number of methoxy groups -OCH3 is 2. The molecule has 0 aliphatic rings. The van der Waals surface area contributed by atoms with Crippen molar-refractivity contribution in [2.75, 3.05) is 24.9 Å². The maximum atomic E-state index is 11.7. The SMILES string of the molecule is C=CC(=O)Nc1cccc(-c2cc(-c3cccnc3Nc3c(Cl)c(OC)cc(OC)c3Cl)ncn2)c1. The summed E-state index contributed by atoms with van der Waals surface area (Å²) in [6.07, 6.45) is 4.31. The number of benzene rings is 2. The summed E-state index contributed by atoms with van der Waals surface area (Å²) in [7, 11) is 3.01. The van der Waals surface area contributed by atoms with E-state index in [1.54, 1.807) is 24.4 Å². The fraction of sp³-hybridized carbons (Fsp3) is 0.0769. The summed E-state index contributed by atoms with van der Waals surface area (Å²) < 4.78 is 10.7. The maximum absolute atomic E-state index is 11.7. The van der Waals surface area contributed by atoms with Crippen molar-refractivity contribution in [3.63, 3.8) is 0 Å². The number of carbonyl (C=O) groups is 1. The zero-order chi connectivity index (χ0) is 25.7. The molecule has 0 aliphatic carbocycles. The van der Waals surface area contributed by atoms with Gasteiger partial charge in [0.15, 0.2) is 0 Å². The second-order valence-corrected chi connectivity index (χ2v) is 8.13. The highest BCUT2D eigenvalue weighted by molar-refractivity contribution is 6.41. The molecule has 4 rings (SSSR count). The summed E-state index contributed by atoms with van der Waals surface area (Å²) in [4.78, 5) is 25.0. The van der Waals surface area contributed by atoms with Gasteiger partial charge < -0.3 is 20.1 Å². The number of rotatable bonds is 8. The number of hydrogen-bond acceptors (Lipinski definition) is 7. The monoisotopic (exact) mass is 521 g/mol. The molecule has 0 saturated heterocycles. The molecule has 182 valence electrons. The van der Waals surface area contributed by atoms with Crippen LogP contribution in [0.1, 0.15) is 0 Å². The van der Waals surface area contributed by atoms with E-state index < -0.39 is 0 Å². The summed E-state index contributed by atoms with van der Waals surface area (Å²) in [5.41, 5.74) is 3.75. The summed E-state index contributed by atoms with van der Waals surface area (Å²) >= 11 is 13.1. The minimum absolute atomic E-state index is 0.279. The Balaban J connectivity index is 1.73. The molecule has 36 heavy (non-hydrogen) atoms. The molecular formula is C26H21Cl2N5O3. The fourth-order valence-corrected chi connectivity index (χ4v) is 4.03. The quantitative estimate of drug-likeness (QED) is 0.259. The van der Waals surface area contributed by atoms with E-state index in [0.29, 0.717) is 45.6 Å². The van der Waals surface area contributed by atoms with Crippen molar-refractivity contribution in [1.29, 1.82) is 0 Å². The molecule has 2 aromatic heterocycles. The molecule has 0 spiro atoms. The molecule has 1 amide bonds. The second-order valence-electron chi connectivity index (χ2n) is 7.37. The van der Waals surface area contributed by atoms with Gasteiger partial charge in [-0.2, -0.15) is 0 Å². The van der Waals surface area contributed by atoms with Gasteiger partial charge in [0.05, 0.1) is 31.3 Å². The van der Waals surface area contributed by atoms with Crippen LogP contribution in [0, 0.1) is 0 Å². The van der Waals surface area contributed by atoms with Gasteiger partial charge in [0.25, 0.3) is 0 Å². The third-order valence-electron chi connectivity index (χ3n) is 5.18. The Kier molecular flexibility index (Phi) is 7.68. The number of ether oxygens (including phenoxy) is 2. The summed E-state index contributed by atoms with van der Waals surface area (Å²) in [6.45, 7) is 3.48. The molecule has 0 atom stereocenters. The average Bonchev–Trinajstić information content (AvgIpc) is 2.91. The molecule has 0 radical (unpaired) electrons. The van der Waals surface area contributed by atoms with E-state index in [1.807, 2.05) is 30.3 Å². The molecule has 2 heterocycles. The minimum Gasteiger partial charge on any atom is -0.495 e. The summed E-state index contributed by atoms with van der Waals surface area (Å²) in [5.74, 6) is 0.956. The van der Waals surface area contributed by atoms with Crippen LogP contribution in [0.3, 0.4) is 0 Å². The normalized spacial score (nSPS) is 10.4. The second kappa shape index (κ2) is 11.1. The zero-order valence-electron chi connectivity index (χ0n) is 19.4. The Bertz CT molecular complexity index is 1420. The third kappa shape index (κ3) is 5.25. The lowest BCUT2D eigenvalue weighted by Crippen LogP contribution is -2.07. The molecule has 2 N–H and O–H groups in total. The first kappa shape index (κ1) is 25.0. The van der Waals surface area contributed by atoms with Gasteiger partial charge in [-0.05, 0) is 36.4 Å². The molecule has 10 heteroatoms. The smallest absolute Gasteiger partial charge is 0.247 e. The molecule has 8 nitrogen and oxygen atoms in total. The van der Waals surface area contributed by atoms with E-state index in [2.05, 4.69) is 32.2 Å². The fourth-order valence-electron chi connectivity index (χ4n) is 3.44. The van der Waals surface area contributed by atoms with Gasteiger partial charge in [0, 0.05) is 29.1 Å². The number of pyridine rings is 1. The van der Waals surface area contributed by atoms with Gasteiger partial charge in [0.2, 0.25) is 5.91 Å². The standard InChI is InChI=1S/C26H21Cl2N5O3/c1-4-22(34)32-16-8-5-7-15(11-16)18-12-19(31-14-30-18)17-9-6-10-29-26(17)33-25-23(27)20(35-2)13-21(36-3)24(25)28/h4-14H,1H2,2-3H3,(H,29,33)(H,32,34). The Morgan fingerprint density at radius 1 is 0.944 bits per heavy atom. The number of hydrogen-bond donors (Lipinski definition) is 2. The third-order valence-corrected chi connectivity index (χ3v) is 5.93. The van der Waals surface area contributed by atoms with Crippen LogP contribution in [0.2, 0.25) is 10.0 Å². The molecule has 0 bridgehead atoms. The number of carbonyl (C=O) groups excluding carboxylic acids is 1. The number of aromatic nitrogens is 3. The average molecular weight is 522 g/mol. The number of nitrogens with one attached hydrogen (secondary N) is 2. The van der Waals surface area contributed by atoms with Gasteiger partial charge in [-0.15, -0.1) is 0 Å². The summed E-state index contributed by atoms with van der Waals surface area (Å²) in [6, 6.07) is 14.4. The van der Waals surface area contributed by atoms with E-state index in [-0.39, 0.29) is 16.0 Å². The van der Waals surface area contributed by atoms with Crippen LogP contribution >= 0.6 is 23.2 Å². The Labute approximate surface area is 217 Å². The lowest BCUT2D eigenvalue weighted by molar-refractivity contribution is -0.111. The molecule has 0 aliphatic heterocycles. The van der Waals surface area contributed by atoms with E-state index in [1.165, 1.54) is 26.6 Å². The van der Waals surface area contributed by atoms with E-state index in [9.17, 15) is 4.79 Å². The molecular weight excluding hydrogens is 501 g/mol. The first-order chi connectivity index (χ1) is 17.4. The number of nitrogens with zero attached hydrogens (tertiary/aromatic N) is 3. The number of halogens is 2. The van der Waals surface area contributed by atoms with E-state index >= 15 is 0 Å². The largest absolute Gasteiger partial charge is 0.495 e. The van der Waals surface area contributed by atoms with Gasteiger partial charge in [-0.1, -0.05) is 41.9 Å². The van der Waals surface area contributed by atoms with Crippen LogP contribution in [-0.4, -0.2) is 35.1 Å². The van der Waals surface area contributed by atoms with Crippen LogP contribution in [0.4, 0.5) is 17.2 Å². The van der Waals surface area contributed by atoms with Gasteiger partial charge >= 0.3 is 0 Å². The maximum Gasteiger partial charge on any atom is 0.247 e. The molecule has 0 fully saturated rings. The highest BCUT2D eigenvalue weighted by atomic mass is 35.5. The predicted molar refractivity (Wildman–Crippen MR) is 142 cm³/mol. The van der Waals surface area contributed by atoms with Gasteiger partial charge in [-0.25, -0.2) is 15.0 Å². The first-order valence-electron chi connectivity index (χ1n) is 10.6. The van der Waals surface area contributed by atoms with Crippen molar-refractivity contribution >= 4 is 46.3 Å². The van der Waals surface area contributed by atoms with Crippen molar-refractivity contribution in [1.82, 2.24) is 15.0 Å². The van der Waals surface area contributed by atoms with E-state index in [4.69, 9.17) is 32.7 Å². The van der Waals surface area contributed by atoms with Crippen molar-refractivity contribution in [2.45, 2.75) is 0 Å². The highest BCUT2D eigenvalue weighted by Crippen LogP contribution is 2.45. The first-order valence-corrected chi connectivity index (χ1v) is 11.4. The Morgan fingerprint density at radius 3 is 2.36 bits per heavy atom. The summed E-state index contributed by atoms with van der Waals surface area (Å²) in [5, 5.41) is 6.51. The zero-order valence-corrected chi connectivity index (χ0v) is 20.9. The Hall–Kier alpha value is -4.14. The number of anilines is 3. The molecule has 2 aromatic carbocycles. The van der Waals surface area contributed by atoms with Gasteiger partial charge in [0.1, 0.15) is 33.7 Å². The van der Waals surface area contributed by atoms with Crippen molar-refractivity contribution in [3.05, 3.63) is 83.8 Å². The Morgan fingerprint density at radius 2 is 1.67 bits per heavy atom. The van der Waals surface area contributed by atoms with Crippen LogP contribution in [0.15, 0.2) is 73.7 Å². The number of amides is 1. The minimum atomic E-state index is -0.298.